The minimum Gasteiger partial charge on any atom is -0.491 e. The molecule has 1 atom stereocenters. The maximum Gasteiger partial charge on any atom is 0.317 e. The molecular formula is C13H10Cl2O4. The van der Waals surface area contributed by atoms with Gasteiger partial charge < -0.3 is 14.3 Å². The number of para-hydroxylation sites is 1. The summed E-state index contributed by atoms with van der Waals surface area (Å²) in [5.74, 6) is -1.33. The van der Waals surface area contributed by atoms with Gasteiger partial charge in [-0.15, -0.1) is 0 Å². The molecule has 0 aliphatic rings. The number of furan rings is 1. The highest BCUT2D eigenvalue weighted by Gasteiger charge is 2.24. The van der Waals surface area contributed by atoms with Crippen LogP contribution in [0.15, 0.2) is 40.8 Å². The third-order valence-electron chi connectivity index (χ3n) is 2.48. The third-order valence-corrected chi connectivity index (χ3v) is 2.99. The Balaban J connectivity index is 2.10. The zero-order valence-electron chi connectivity index (χ0n) is 9.68. The predicted molar refractivity (Wildman–Crippen MR) is 71.0 cm³/mol. The van der Waals surface area contributed by atoms with Gasteiger partial charge in [0, 0.05) is 0 Å². The van der Waals surface area contributed by atoms with Crippen LogP contribution < -0.4 is 4.74 Å². The minimum atomic E-state index is -1.06. The molecule has 0 amide bonds. The molecule has 0 saturated carbocycles. The summed E-state index contributed by atoms with van der Waals surface area (Å²) in [7, 11) is 0. The van der Waals surface area contributed by atoms with E-state index in [-0.39, 0.29) is 17.6 Å². The molecule has 4 nitrogen and oxygen atoms in total. The van der Waals surface area contributed by atoms with Gasteiger partial charge >= 0.3 is 5.97 Å². The standard InChI is InChI=1S/C13H10Cl2O4/c14-9-3-1-2-4-11(9)18-7-8(13(16)17)10-5-6-12(15)19-10/h1-6,8H,7H2,(H,16,17). The normalized spacial score (nSPS) is 12.1. The second-order valence-corrected chi connectivity index (χ2v) is 4.55. The molecule has 0 fully saturated rings. The molecule has 0 radical (unpaired) electrons. The summed E-state index contributed by atoms with van der Waals surface area (Å²) in [5, 5.41) is 9.73. The first-order valence-electron chi connectivity index (χ1n) is 5.43. The zero-order valence-corrected chi connectivity index (χ0v) is 11.2. The Kier molecular flexibility index (Phi) is 4.35. The van der Waals surface area contributed by atoms with Crippen LogP contribution >= 0.6 is 23.2 Å². The Morgan fingerprint density at radius 1 is 1.26 bits per heavy atom. The second-order valence-electron chi connectivity index (χ2n) is 3.77. The van der Waals surface area contributed by atoms with E-state index in [1.54, 1.807) is 24.3 Å². The Hall–Kier alpha value is -1.65. The number of benzene rings is 1. The SMILES string of the molecule is O=C(O)C(COc1ccccc1Cl)c1ccc(Cl)o1. The van der Waals surface area contributed by atoms with E-state index in [0.717, 1.165) is 0 Å². The lowest BCUT2D eigenvalue weighted by molar-refractivity contribution is -0.140. The first-order valence-corrected chi connectivity index (χ1v) is 6.19. The van der Waals surface area contributed by atoms with E-state index < -0.39 is 11.9 Å². The number of carboxylic acids is 1. The molecule has 0 spiro atoms. The Labute approximate surface area is 119 Å². The van der Waals surface area contributed by atoms with E-state index in [4.69, 9.17) is 37.5 Å². The van der Waals surface area contributed by atoms with Crippen molar-refractivity contribution in [3.05, 3.63) is 52.4 Å². The van der Waals surface area contributed by atoms with Gasteiger partial charge in [-0.2, -0.15) is 0 Å². The fraction of sp³-hybridized carbons (Fsp3) is 0.154. The topological polar surface area (TPSA) is 59.7 Å². The predicted octanol–water partition coefficient (Wildman–Crippen LogP) is 3.83. The van der Waals surface area contributed by atoms with E-state index in [1.165, 1.54) is 12.1 Å². The van der Waals surface area contributed by atoms with Gasteiger partial charge in [0.25, 0.3) is 0 Å². The number of carbonyl (C=O) groups is 1. The summed E-state index contributed by atoms with van der Waals surface area (Å²) in [6, 6.07) is 9.84. The summed E-state index contributed by atoms with van der Waals surface area (Å²) in [5.41, 5.74) is 0. The molecule has 19 heavy (non-hydrogen) atoms. The number of rotatable bonds is 5. The lowest BCUT2D eigenvalue weighted by Crippen LogP contribution is -2.19. The molecule has 0 bridgehead atoms. The van der Waals surface area contributed by atoms with Crippen molar-refractivity contribution in [1.29, 1.82) is 0 Å². The van der Waals surface area contributed by atoms with Crippen LogP contribution in [0.2, 0.25) is 10.2 Å². The van der Waals surface area contributed by atoms with Crippen LogP contribution in [0.1, 0.15) is 11.7 Å². The largest absolute Gasteiger partial charge is 0.491 e. The van der Waals surface area contributed by atoms with Gasteiger partial charge in [0.05, 0.1) is 5.02 Å². The van der Waals surface area contributed by atoms with Crippen LogP contribution in [0.3, 0.4) is 0 Å². The summed E-state index contributed by atoms with van der Waals surface area (Å²) < 4.78 is 10.5. The summed E-state index contributed by atoms with van der Waals surface area (Å²) >= 11 is 11.6. The molecule has 0 saturated heterocycles. The minimum absolute atomic E-state index is 0.0943. The number of carboxylic acid groups (broad SMARTS) is 1. The highest BCUT2D eigenvalue weighted by molar-refractivity contribution is 6.32. The zero-order chi connectivity index (χ0) is 13.8. The van der Waals surface area contributed by atoms with Crippen LogP contribution in [0.5, 0.6) is 5.75 Å². The highest BCUT2D eigenvalue weighted by Crippen LogP contribution is 2.27. The number of hydrogen-bond acceptors (Lipinski definition) is 3. The first-order chi connectivity index (χ1) is 9.08. The summed E-state index contributed by atoms with van der Waals surface area (Å²) in [6.07, 6.45) is 0. The third kappa shape index (κ3) is 3.43. The molecular weight excluding hydrogens is 291 g/mol. The number of aliphatic carboxylic acids is 1. The lowest BCUT2D eigenvalue weighted by atomic mass is 10.1. The van der Waals surface area contributed by atoms with Crippen LogP contribution in [0, 0.1) is 0 Å². The van der Waals surface area contributed by atoms with Crippen LogP contribution in [-0.2, 0) is 4.79 Å². The second kappa shape index (κ2) is 5.99. The van der Waals surface area contributed by atoms with Gasteiger partial charge in [0.15, 0.2) is 5.22 Å². The molecule has 1 aromatic carbocycles. The molecule has 0 aliphatic heterocycles. The van der Waals surface area contributed by atoms with Gasteiger partial charge in [-0.05, 0) is 35.9 Å². The van der Waals surface area contributed by atoms with Crippen molar-refractivity contribution in [2.45, 2.75) is 5.92 Å². The molecule has 1 aromatic heterocycles. The maximum atomic E-state index is 11.2. The van der Waals surface area contributed by atoms with E-state index in [2.05, 4.69) is 0 Å². The average molecular weight is 301 g/mol. The van der Waals surface area contributed by atoms with Gasteiger partial charge in [-0.25, -0.2) is 0 Å². The molecule has 1 unspecified atom stereocenters. The summed E-state index contributed by atoms with van der Waals surface area (Å²) in [4.78, 5) is 11.2. The van der Waals surface area contributed by atoms with Crippen molar-refractivity contribution in [1.82, 2.24) is 0 Å². The highest BCUT2D eigenvalue weighted by atomic mass is 35.5. The Bertz CT molecular complexity index is 580. The van der Waals surface area contributed by atoms with Crippen molar-refractivity contribution in [3.63, 3.8) is 0 Å². The quantitative estimate of drug-likeness (QED) is 0.911. The first kappa shape index (κ1) is 13.8. The van der Waals surface area contributed by atoms with Crippen LogP contribution in [-0.4, -0.2) is 17.7 Å². The van der Waals surface area contributed by atoms with Gasteiger partial charge in [0.1, 0.15) is 24.0 Å². The number of hydrogen-bond donors (Lipinski definition) is 1. The van der Waals surface area contributed by atoms with Crippen molar-refractivity contribution in [2.75, 3.05) is 6.61 Å². The van der Waals surface area contributed by atoms with Gasteiger partial charge in [-0.1, -0.05) is 23.7 Å². The van der Waals surface area contributed by atoms with E-state index in [1.807, 2.05) is 0 Å². The van der Waals surface area contributed by atoms with Crippen molar-refractivity contribution >= 4 is 29.2 Å². The van der Waals surface area contributed by atoms with Crippen molar-refractivity contribution in [3.8, 4) is 5.75 Å². The lowest BCUT2D eigenvalue weighted by Gasteiger charge is -2.12. The van der Waals surface area contributed by atoms with Gasteiger partial charge in [-0.3, -0.25) is 4.79 Å². The molecule has 2 aromatic rings. The fourth-order valence-electron chi connectivity index (χ4n) is 1.53. The monoisotopic (exact) mass is 300 g/mol. The maximum absolute atomic E-state index is 11.2. The molecule has 0 aliphatic carbocycles. The van der Waals surface area contributed by atoms with Gasteiger partial charge in [0.2, 0.25) is 0 Å². The molecule has 1 heterocycles. The summed E-state index contributed by atoms with van der Waals surface area (Å²) in [6.45, 7) is -0.0943. The van der Waals surface area contributed by atoms with E-state index >= 15 is 0 Å². The van der Waals surface area contributed by atoms with Crippen molar-refractivity contribution < 1.29 is 19.1 Å². The molecule has 2 rings (SSSR count). The van der Waals surface area contributed by atoms with Crippen molar-refractivity contribution in [2.24, 2.45) is 0 Å². The number of halogens is 2. The molecule has 100 valence electrons. The van der Waals surface area contributed by atoms with E-state index in [9.17, 15) is 4.79 Å². The molecule has 1 N–H and O–H groups in total. The Morgan fingerprint density at radius 2 is 2.00 bits per heavy atom. The van der Waals surface area contributed by atoms with Crippen LogP contribution in [0.25, 0.3) is 0 Å². The fourth-order valence-corrected chi connectivity index (χ4v) is 1.87. The smallest absolute Gasteiger partial charge is 0.317 e. The van der Waals surface area contributed by atoms with E-state index in [0.29, 0.717) is 10.8 Å². The number of ether oxygens (including phenoxy) is 1. The van der Waals surface area contributed by atoms with Crippen LogP contribution in [0.4, 0.5) is 0 Å². The Morgan fingerprint density at radius 3 is 2.58 bits per heavy atom. The average Bonchev–Trinajstić information content (AvgIpc) is 2.78. The molecule has 6 heteroatoms.